The Hall–Kier alpha value is -5.27. The van der Waals surface area contributed by atoms with Gasteiger partial charge in [-0.25, -0.2) is 32.5 Å². The van der Waals surface area contributed by atoms with Crippen LogP contribution >= 0.6 is 0 Å². The largest absolute Gasteiger partial charge is 0.444 e. The number of anilines is 2. The van der Waals surface area contributed by atoms with Crippen LogP contribution in [-0.4, -0.2) is 72.9 Å². The molecular formula is C40H46N6O6S. The number of carbonyl (C=O) groups is 1. The van der Waals surface area contributed by atoms with Gasteiger partial charge in [-0.3, -0.25) is 0 Å². The van der Waals surface area contributed by atoms with Gasteiger partial charge in [-0.2, -0.15) is 0 Å². The number of aromatic nitrogens is 3. The Bertz CT molecular complexity index is 2180. The highest BCUT2D eigenvalue weighted by Gasteiger charge is 2.32. The lowest BCUT2D eigenvalue weighted by Gasteiger charge is -2.34. The quantitative estimate of drug-likeness (QED) is 0.132. The van der Waals surface area contributed by atoms with Crippen molar-refractivity contribution in [2.75, 3.05) is 36.6 Å². The molecular weight excluding hydrogens is 693 g/mol. The number of benzene rings is 3. The van der Waals surface area contributed by atoms with Gasteiger partial charge in [0.05, 0.1) is 16.9 Å². The molecule has 13 heteroatoms. The number of sulfonamides is 1. The number of piperidine rings is 1. The van der Waals surface area contributed by atoms with Crippen LogP contribution in [0.5, 0.6) is 11.6 Å². The number of ether oxygens (including phenoxy) is 3. The number of likely N-dealkylation sites (tertiary alicyclic amines) is 1. The number of hydrogen-bond acceptors (Lipinski definition) is 10. The lowest BCUT2D eigenvalue weighted by Crippen LogP contribution is -2.47. The molecule has 1 saturated heterocycles. The van der Waals surface area contributed by atoms with Gasteiger partial charge in [0.1, 0.15) is 23.3 Å². The zero-order chi connectivity index (χ0) is 37.8. The minimum atomic E-state index is -3.91. The van der Waals surface area contributed by atoms with Crippen LogP contribution in [0.3, 0.4) is 0 Å². The zero-order valence-corrected chi connectivity index (χ0v) is 31.8. The van der Waals surface area contributed by atoms with Crippen molar-refractivity contribution >= 4 is 38.5 Å². The molecule has 0 bridgehead atoms. The number of fused-ring (bicyclic) bond motifs is 1. The summed E-state index contributed by atoms with van der Waals surface area (Å²) < 4.78 is 47.2. The predicted molar refractivity (Wildman–Crippen MR) is 207 cm³/mol. The average molecular weight is 739 g/mol. The van der Waals surface area contributed by atoms with Crippen molar-refractivity contribution in [3.63, 3.8) is 0 Å². The van der Waals surface area contributed by atoms with E-state index in [1.54, 1.807) is 36.4 Å². The molecule has 1 N–H and O–H groups in total. The summed E-state index contributed by atoms with van der Waals surface area (Å²) in [7, 11) is -2.43. The highest BCUT2D eigenvalue weighted by molar-refractivity contribution is 7.93. The number of nitrogens with zero attached hydrogens (tertiary/aromatic N) is 5. The lowest BCUT2D eigenvalue weighted by molar-refractivity contribution is 0.0206. The Morgan fingerprint density at radius 3 is 2.53 bits per heavy atom. The molecule has 2 aromatic heterocycles. The molecule has 3 aromatic carbocycles. The van der Waals surface area contributed by atoms with Crippen molar-refractivity contribution < 1.29 is 27.4 Å². The Morgan fingerprint density at radius 2 is 1.77 bits per heavy atom. The third-order valence-electron chi connectivity index (χ3n) is 9.03. The van der Waals surface area contributed by atoms with E-state index in [9.17, 15) is 13.2 Å². The number of rotatable bonds is 11. The molecule has 1 aliphatic heterocycles. The number of methoxy groups -OCH3 is 1. The molecule has 6 rings (SSSR count). The van der Waals surface area contributed by atoms with E-state index in [1.165, 1.54) is 11.4 Å². The van der Waals surface area contributed by atoms with E-state index in [0.717, 1.165) is 18.4 Å². The normalized spacial score (nSPS) is 15.5. The molecule has 0 saturated carbocycles. The van der Waals surface area contributed by atoms with E-state index in [4.69, 9.17) is 19.2 Å². The smallest absolute Gasteiger partial charge is 0.410 e. The van der Waals surface area contributed by atoms with Gasteiger partial charge in [-0.05, 0) is 82.9 Å². The van der Waals surface area contributed by atoms with Gasteiger partial charge in [0, 0.05) is 49.4 Å². The summed E-state index contributed by atoms with van der Waals surface area (Å²) in [5.74, 6) is 1.28. The van der Waals surface area contributed by atoms with Crippen LogP contribution in [0.25, 0.3) is 22.0 Å². The molecule has 0 spiro atoms. The molecule has 0 aliphatic carbocycles. The average Bonchev–Trinajstić information content (AvgIpc) is 3.14. The van der Waals surface area contributed by atoms with E-state index < -0.39 is 20.9 Å². The van der Waals surface area contributed by atoms with Gasteiger partial charge in [0.15, 0.2) is 0 Å². The van der Waals surface area contributed by atoms with E-state index in [1.807, 2.05) is 94.4 Å². The molecule has 1 amide bonds. The van der Waals surface area contributed by atoms with Crippen LogP contribution in [0.4, 0.5) is 16.4 Å². The first-order chi connectivity index (χ1) is 25.4. The molecule has 12 nitrogen and oxygen atoms in total. The topological polar surface area (TPSA) is 136 Å². The van der Waals surface area contributed by atoms with Crippen molar-refractivity contribution in [2.24, 2.45) is 0 Å². The van der Waals surface area contributed by atoms with Gasteiger partial charge >= 0.3 is 6.09 Å². The fraction of sp³-hybridized carbons (Fsp3) is 0.350. The van der Waals surface area contributed by atoms with Crippen LogP contribution in [-0.2, 0) is 19.5 Å². The first-order valence-corrected chi connectivity index (χ1v) is 19.1. The molecule has 1 aliphatic rings. The van der Waals surface area contributed by atoms with E-state index >= 15 is 0 Å². The van der Waals surface area contributed by atoms with E-state index in [2.05, 4.69) is 15.3 Å². The highest BCUT2D eigenvalue weighted by atomic mass is 32.2. The number of nitrogens with one attached hydrogen (secondary N) is 1. The number of pyridine rings is 1. The Labute approximate surface area is 311 Å². The monoisotopic (exact) mass is 738 g/mol. The Morgan fingerprint density at radius 1 is 0.981 bits per heavy atom. The van der Waals surface area contributed by atoms with Crippen LogP contribution < -0.4 is 14.4 Å². The summed E-state index contributed by atoms with van der Waals surface area (Å²) in [6.45, 7) is 10.1. The van der Waals surface area contributed by atoms with Crippen molar-refractivity contribution in [1.82, 2.24) is 19.9 Å². The molecule has 5 aromatic rings. The van der Waals surface area contributed by atoms with Gasteiger partial charge in [0.25, 0.3) is 0 Å². The van der Waals surface area contributed by atoms with E-state index in [-0.39, 0.29) is 18.9 Å². The van der Waals surface area contributed by atoms with Crippen molar-refractivity contribution in [1.29, 1.82) is 0 Å². The summed E-state index contributed by atoms with van der Waals surface area (Å²) in [5.41, 5.74) is 2.65. The van der Waals surface area contributed by atoms with Crippen LogP contribution in [0.2, 0.25) is 0 Å². The summed E-state index contributed by atoms with van der Waals surface area (Å²) in [5, 5.41) is 3.96. The van der Waals surface area contributed by atoms with Gasteiger partial charge in [-0.15, -0.1) is 0 Å². The Kier molecular flexibility index (Phi) is 11.2. The van der Waals surface area contributed by atoms with Gasteiger partial charge in [0.2, 0.25) is 21.9 Å². The summed E-state index contributed by atoms with van der Waals surface area (Å²) in [6, 6.07) is 23.8. The fourth-order valence-corrected chi connectivity index (χ4v) is 7.94. The molecule has 1 unspecified atom stereocenters. The zero-order valence-electron chi connectivity index (χ0n) is 30.9. The predicted octanol–water partition coefficient (Wildman–Crippen LogP) is 8.11. The maximum atomic E-state index is 14.1. The van der Waals surface area contributed by atoms with Gasteiger partial charge in [-0.1, -0.05) is 54.6 Å². The number of carbonyl (C=O) groups excluding carboxylic acids is 1. The van der Waals surface area contributed by atoms with Gasteiger partial charge < -0.3 is 24.4 Å². The number of hydrogen-bond donors (Lipinski definition) is 1. The second kappa shape index (κ2) is 15.8. The van der Waals surface area contributed by atoms with Crippen LogP contribution in [0.15, 0.2) is 91.3 Å². The third kappa shape index (κ3) is 8.52. The van der Waals surface area contributed by atoms with E-state index in [0.29, 0.717) is 63.9 Å². The first-order valence-electron chi connectivity index (χ1n) is 17.6. The van der Waals surface area contributed by atoms with Crippen molar-refractivity contribution in [3.05, 3.63) is 102 Å². The lowest BCUT2D eigenvalue weighted by atomic mass is 10.0. The SMILES string of the molecule is COCN(c1cccc2c(Oc3ncccc3-c3ccnc(N[C@@H]4CCCN(C(=O)OC(C)(C)C)C4)n3)c(C)ccc12)S(=O)(=O)C(C)c1ccccc1. The molecule has 53 heavy (non-hydrogen) atoms. The second-order valence-electron chi connectivity index (χ2n) is 14.1. The maximum Gasteiger partial charge on any atom is 0.410 e. The minimum Gasteiger partial charge on any atom is -0.444 e. The second-order valence-corrected chi connectivity index (χ2v) is 16.3. The van der Waals surface area contributed by atoms with Crippen LogP contribution in [0, 0.1) is 6.92 Å². The van der Waals surface area contributed by atoms with Crippen molar-refractivity contribution in [3.8, 4) is 22.9 Å². The highest BCUT2D eigenvalue weighted by Crippen LogP contribution is 2.41. The standard InChI is InChI=1S/C40H46N6O6S/c1-27-19-20-31-32(16-10-18-35(31)46(26-50-6)53(48,49)28(2)29-13-8-7-9-14-29)36(27)51-37-33(17-11-22-41-37)34-21-23-42-38(44-34)43-30-15-12-24-45(25-30)39(47)52-40(3,4)5/h7-11,13-14,16-23,28,30H,12,15,24-26H2,1-6H3,(H,42,43,44)/t28?,30-/m1/s1. The summed E-state index contributed by atoms with van der Waals surface area (Å²) >= 11 is 0. The molecule has 3 heterocycles. The molecule has 2 atom stereocenters. The minimum absolute atomic E-state index is 0.0548. The summed E-state index contributed by atoms with van der Waals surface area (Å²) in [4.78, 5) is 28.3. The van der Waals surface area contributed by atoms with Crippen molar-refractivity contribution in [2.45, 2.75) is 64.4 Å². The van der Waals surface area contributed by atoms with Crippen LogP contribution in [0.1, 0.15) is 56.9 Å². The molecule has 0 radical (unpaired) electrons. The molecule has 1 fully saturated rings. The number of aryl methyl sites for hydroxylation is 1. The molecule has 278 valence electrons. The Balaban J connectivity index is 1.29. The number of amides is 1. The maximum absolute atomic E-state index is 14.1. The first kappa shape index (κ1) is 37.5. The third-order valence-corrected chi connectivity index (χ3v) is 11.1. The summed E-state index contributed by atoms with van der Waals surface area (Å²) in [6.07, 6.45) is 4.67. The fourth-order valence-electron chi connectivity index (χ4n) is 6.37.